The molecule has 2 amide bonds. The molecule has 1 aromatic heterocycles. The second-order valence-electron chi connectivity index (χ2n) is 7.70. The van der Waals surface area contributed by atoms with Crippen molar-refractivity contribution in [2.45, 2.75) is 26.2 Å². The summed E-state index contributed by atoms with van der Waals surface area (Å²) in [5, 5.41) is 5.62. The van der Waals surface area contributed by atoms with Crippen LogP contribution in [-0.2, 0) is 10.2 Å². The Morgan fingerprint density at radius 3 is 2.03 bits per heavy atom. The number of furan rings is 1. The van der Waals surface area contributed by atoms with Crippen molar-refractivity contribution in [2.24, 2.45) is 0 Å². The number of hydrogen-bond acceptors (Lipinski definition) is 3. The van der Waals surface area contributed by atoms with Crippen LogP contribution in [0.1, 0.15) is 42.5 Å². The number of amides is 2. The highest BCUT2D eigenvalue weighted by molar-refractivity contribution is 6.05. The summed E-state index contributed by atoms with van der Waals surface area (Å²) in [5.74, 6) is 0.162. The van der Waals surface area contributed by atoms with Crippen molar-refractivity contribution in [1.82, 2.24) is 0 Å². The summed E-state index contributed by atoms with van der Waals surface area (Å²) >= 11 is 0. The van der Waals surface area contributed by atoms with E-state index in [0.29, 0.717) is 22.7 Å². The Bertz CT molecular complexity index is 994. The van der Waals surface area contributed by atoms with Crippen molar-refractivity contribution in [1.29, 1.82) is 0 Å². The number of nitrogens with one attached hydrogen (secondary N) is 2. The zero-order valence-corrected chi connectivity index (χ0v) is 16.7. The van der Waals surface area contributed by atoms with Crippen LogP contribution in [0.3, 0.4) is 0 Å². The molecule has 0 bridgehead atoms. The summed E-state index contributed by atoms with van der Waals surface area (Å²) < 4.78 is 5.14. The van der Waals surface area contributed by atoms with Crippen molar-refractivity contribution in [2.75, 3.05) is 10.6 Å². The Balaban J connectivity index is 1.57. The lowest BCUT2D eigenvalue weighted by Gasteiger charge is -2.19. The average molecular weight is 388 g/mol. The van der Waals surface area contributed by atoms with Gasteiger partial charge in [0.1, 0.15) is 5.76 Å². The van der Waals surface area contributed by atoms with Gasteiger partial charge in [-0.05, 0) is 65.6 Å². The zero-order chi connectivity index (χ0) is 20.9. The molecule has 2 N–H and O–H groups in total. The Morgan fingerprint density at radius 2 is 1.48 bits per heavy atom. The van der Waals surface area contributed by atoms with Gasteiger partial charge in [0.2, 0.25) is 5.91 Å². The molecule has 0 unspecified atom stereocenters. The third-order valence-electron chi connectivity index (χ3n) is 4.37. The van der Waals surface area contributed by atoms with E-state index in [4.69, 9.17) is 4.42 Å². The van der Waals surface area contributed by atoms with Crippen LogP contribution in [0, 0.1) is 0 Å². The lowest BCUT2D eigenvalue weighted by molar-refractivity contribution is -0.111. The molecular formula is C24H24N2O3. The molecule has 0 aliphatic rings. The van der Waals surface area contributed by atoms with Gasteiger partial charge in [-0.25, -0.2) is 0 Å². The third-order valence-corrected chi connectivity index (χ3v) is 4.37. The first-order chi connectivity index (χ1) is 13.8. The summed E-state index contributed by atoms with van der Waals surface area (Å²) in [6.07, 6.45) is 4.54. The first-order valence-electron chi connectivity index (χ1n) is 9.36. The number of anilines is 2. The van der Waals surface area contributed by atoms with Gasteiger partial charge in [-0.2, -0.15) is 0 Å². The van der Waals surface area contributed by atoms with E-state index < -0.39 is 0 Å². The Hall–Kier alpha value is -3.60. The summed E-state index contributed by atoms with van der Waals surface area (Å²) in [6, 6.07) is 18.1. The van der Waals surface area contributed by atoms with Crippen LogP contribution in [0.5, 0.6) is 0 Å². The fourth-order valence-corrected chi connectivity index (χ4v) is 2.69. The largest absolute Gasteiger partial charge is 0.465 e. The quantitative estimate of drug-likeness (QED) is 0.569. The normalized spacial score (nSPS) is 11.4. The molecule has 0 fully saturated rings. The second-order valence-corrected chi connectivity index (χ2v) is 7.70. The fourth-order valence-electron chi connectivity index (χ4n) is 2.69. The van der Waals surface area contributed by atoms with Crippen LogP contribution in [0.2, 0.25) is 0 Å². The molecule has 0 aliphatic heterocycles. The van der Waals surface area contributed by atoms with Crippen LogP contribution in [-0.4, -0.2) is 11.8 Å². The first-order valence-corrected chi connectivity index (χ1v) is 9.36. The van der Waals surface area contributed by atoms with E-state index in [0.717, 1.165) is 0 Å². The van der Waals surface area contributed by atoms with Gasteiger partial charge in [0, 0.05) is 23.0 Å². The van der Waals surface area contributed by atoms with Gasteiger partial charge < -0.3 is 15.1 Å². The minimum absolute atomic E-state index is 0.0441. The third kappa shape index (κ3) is 5.69. The molecule has 3 aromatic rings. The van der Waals surface area contributed by atoms with Gasteiger partial charge in [0.05, 0.1) is 6.26 Å². The van der Waals surface area contributed by atoms with E-state index >= 15 is 0 Å². The molecule has 29 heavy (non-hydrogen) atoms. The smallest absolute Gasteiger partial charge is 0.255 e. The number of benzene rings is 2. The van der Waals surface area contributed by atoms with Crippen LogP contribution in [0.15, 0.2) is 77.4 Å². The minimum Gasteiger partial charge on any atom is -0.465 e. The van der Waals surface area contributed by atoms with Crippen molar-refractivity contribution in [3.05, 3.63) is 89.9 Å². The molecule has 0 atom stereocenters. The highest BCUT2D eigenvalue weighted by Crippen LogP contribution is 2.22. The predicted molar refractivity (Wildman–Crippen MR) is 116 cm³/mol. The predicted octanol–water partition coefficient (Wildman–Crippen LogP) is 5.48. The Kier molecular flexibility index (Phi) is 5.98. The van der Waals surface area contributed by atoms with E-state index in [1.54, 1.807) is 48.7 Å². The molecule has 148 valence electrons. The maximum Gasteiger partial charge on any atom is 0.255 e. The number of carbonyl (C=O) groups excluding carboxylic acids is 2. The summed E-state index contributed by atoms with van der Waals surface area (Å²) in [4.78, 5) is 24.4. The maximum atomic E-state index is 12.4. The van der Waals surface area contributed by atoms with Gasteiger partial charge in [-0.1, -0.05) is 32.9 Å². The molecule has 0 saturated carbocycles. The molecule has 5 nitrogen and oxygen atoms in total. The molecule has 0 saturated heterocycles. The second kappa shape index (κ2) is 8.61. The van der Waals surface area contributed by atoms with E-state index in [9.17, 15) is 9.59 Å². The molecular weight excluding hydrogens is 364 g/mol. The molecule has 3 rings (SSSR count). The maximum absolute atomic E-state index is 12.4. The van der Waals surface area contributed by atoms with E-state index in [-0.39, 0.29) is 17.2 Å². The lowest BCUT2D eigenvalue weighted by atomic mass is 9.87. The van der Waals surface area contributed by atoms with Gasteiger partial charge in [-0.15, -0.1) is 0 Å². The van der Waals surface area contributed by atoms with Crippen LogP contribution < -0.4 is 10.6 Å². The number of rotatable bonds is 5. The zero-order valence-electron chi connectivity index (χ0n) is 16.7. The van der Waals surface area contributed by atoms with Crippen LogP contribution >= 0.6 is 0 Å². The van der Waals surface area contributed by atoms with Gasteiger partial charge in [-0.3, -0.25) is 9.59 Å². The SMILES string of the molecule is CC(C)(C)c1ccc(C(=O)Nc2ccc(NC(=O)C=Cc3ccco3)cc2)cc1. The summed E-state index contributed by atoms with van der Waals surface area (Å²) in [5.41, 5.74) is 3.10. The van der Waals surface area contributed by atoms with E-state index in [1.807, 2.05) is 24.3 Å². The highest BCUT2D eigenvalue weighted by Gasteiger charge is 2.14. The minimum atomic E-state index is -0.267. The van der Waals surface area contributed by atoms with Crippen molar-refractivity contribution in [3.63, 3.8) is 0 Å². The van der Waals surface area contributed by atoms with Crippen molar-refractivity contribution in [3.8, 4) is 0 Å². The lowest BCUT2D eigenvalue weighted by Crippen LogP contribution is -2.14. The molecule has 0 aliphatic carbocycles. The Morgan fingerprint density at radius 1 is 0.862 bits per heavy atom. The van der Waals surface area contributed by atoms with Gasteiger partial charge >= 0.3 is 0 Å². The summed E-state index contributed by atoms with van der Waals surface area (Å²) in [6.45, 7) is 6.40. The topological polar surface area (TPSA) is 71.3 Å². The van der Waals surface area contributed by atoms with Gasteiger partial charge in [0.15, 0.2) is 0 Å². The standard InChI is InChI=1S/C24H24N2O3/c1-24(2,3)18-8-6-17(7-9-18)23(28)26-20-12-10-19(11-13-20)25-22(27)15-14-21-5-4-16-29-21/h4-16H,1-3H3,(H,25,27)(H,26,28). The van der Waals surface area contributed by atoms with Crippen molar-refractivity contribution >= 4 is 29.3 Å². The monoisotopic (exact) mass is 388 g/mol. The molecule has 2 aromatic carbocycles. The molecule has 0 radical (unpaired) electrons. The van der Waals surface area contributed by atoms with Crippen molar-refractivity contribution < 1.29 is 14.0 Å². The molecule has 5 heteroatoms. The van der Waals surface area contributed by atoms with Crippen LogP contribution in [0.25, 0.3) is 6.08 Å². The number of hydrogen-bond donors (Lipinski definition) is 2. The summed E-state index contributed by atoms with van der Waals surface area (Å²) in [7, 11) is 0. The molecule has 1 heterocycles. The fraction of sp³-hybridized carbons (Fsp3) is 0.167. The number of carbonyl (C=O) groups is 2. The van der Waals surface area contributed by atoms with E-state index in [2.05, 4.69) is 31.4 Å². The Labute approximate surface area is 170 Å². The van der Waals surface area contributed by atoms with E-state index in [1.165, 1.54) is 11.6 Å². The molecule has 0 spiro atoms. The first kappa shape index (κ1) is 20.1. The van der Waals surface area contributed by atoms with Crippen LogP contribution in [0.4, 0.5) is 11.4 Å². The average Bonchev–Trinajstić information content (AvgIpc) is 3.21. The van der Waals surface area contributed by atoms with Gasteiger partial charge in [0.25, 0.3) is 5.91 Å². The highest BCUT2D eigenvalue weighted by atomic mass is 16.3.